The summed E-state index contributed by atoms with van der Waals surface area (Å²) in [4.78, 5) is 0. The van der Waals surface area contributed by atoms with Crippen LogP contribution in [0.1, 0.15) is 34.6 Å². The molecule has 160 valence electrons. The van der Waals surface area contributed by atoms with Crippen LogP contribution in [-0.4, -0.2) is 38.1 Å². The molecule has 0 aliphatic heterocycles. The Kier molecular flexibility index (Phi) is 13.6. The SMILES string of the molecule is CCOc1ccc(NC(=S)Nc2ccc(OCC)cc2)cc1.C[CH2][SnH]([CH2]C)[CH2]C. The van der Waals surface area contributed by atoms with Crippen LogP contribution < -0.4 is 20.1 Å². The first-order chi connectivity index (χ1) is 14.1. The molecule has 0 saturated heterocycles. The Morgan fingerprint density at radius 2 is 1.03 bits per heavy atom. The van der Waals surface area contributed by atoms with E-state index in [9.17, 15) is 0 Å². The number of anilines is 2. The van der Waals surface area contributed by atoms with Crippen molar-refractivity contribution in [3.8, 4) is 11.5 Å². The van der Waals surface area contributed by atoms with Gasteiger partial charge in [-0.1, -0.05) is 0 Å². The zero-order chi connectivity index (χ0) is 21.5. The summed E-state index contributed by atoms with van der Waals surface area (Å²) < 4.78 is 15.5. The maximum absolute atomic E-state index is 5.40. The zero-order valence-corrected chi connectivity index (χ0v) is 22.6. The van der Waals surface area contributed by atoms with Crippen molar-refractivity contribution in [2.45, 2.75) is 47.9 Å². The molecule has 0 heterocycles. The van der Waals surface area contributed by atoms with Crippen molar-refractivity contribution in [1.29, 1.82) is 0 Å². The van der Waals surface area contributed by atoms with Crippen LogP contribution in [0.2, 0.25) is 13.3 Å². The molecule has 2 rings (SSSR count). The third kappa shape index (κ3) is 10.8. The van der Waals surface area contributed by atoms with Crippen LogP contribution in [-0.2, 0) is 0 Å². The van der Waals surface area contributed by atoms with Crippen molar-refractivity contribution in [3.63, 3.8) is 0 Å². The summed E-state index contributed by atoms with van der Waals surface area (Å²) in [6, 6.07) is 15.3. The van der Waals surface area contributed by atoms with Gasteiger partial charge in [-0.2, -0.15) is 0 Å². The normalized spacial score (nSPS) is 10.0. The molecule has 0 unspecified atom stereocenters. The Bertz CT molecular complexity index is 630. The molecule has 0 fully saturated rings. The van der Waals surface area contributed by atoms with Gasteiger partial charge < -0.3 is 20.1 Å². The van der Waals surface area contributed by atoms with E-state index in [1.54, 1.807) is 13.3 Å². The minimum atomic E-state index is -0.764. The van der Waals surface area contributed by atoms with Crippen LogP contribution in [0.3, 0.4) is 0 Å². The fraction of sp³-hybridized carbons (Fsp3) is 0.435. The molecule has 0 aliphatic rings. The third-order valence-corrected chi connectivity index (χ3v) is 14.7. The van der Waals surface area contributed by atoms with E-state index in [2.05, 4.69) is 31.4 Å². The van der Waals surface area contributed by atoms with Crippen LogP contribution in [0.4, 0.5) is 11.4 Å². The van der Waals surface area contributed by atoms with Crippen molar-refractivity contribution in [2.24, 2.45) is 0 Å². The van der Waals surface area contributed by atoms with Crippen molar-refractivity contribution < 1.29 is 9.47 Å². The van der Waals surface area contributed by atoms with Crippen molar-refractivity contribution in [3.05, 3.63) is 48.5 Å². The molecule has 0 aliphatic carbocycles. The molecule has 0 bridgehead atoms. The molecule has 2 aromatic carbocycles. The van der Waals surface area contributed by atoms with Crippen LogP contribution in [0, 0.1) is 0 Å². The Morgan fingerprint density at radius 1 is 0.690 bits per heavy atom. The van der Waals surface area contributed by atoms with Gasteiger partial charge in [-0.05, 0) is 74.6 Å². The summed E-state index contributed by atoms with van der Waals surface area (Å²) in [6.07, 6.45) is 0. The number of nitrogens with one attached hydrogen (secondary N) is 2. The molecule has 0 aromatic heterocycles. The second-order valence-corrected chi connectivity index (χ2v) is 18.9. The van der Waals surface area contributed by atoms with Crippen LogP contribution >= 0.6 is 12.2 Å². The summed E-state index contributed by atoms with van der Waals surface area (Å²) >= 11 is 4.54. The standard InChI is InChI=1S/C17H20N2O2S.3C2H5.Sn.H/c1-3-20-15-9-5-13(6-10-15)18-17(22)19-14-7-11-16(12-8-14)21-4-2;3*1-2;;/h5-12H,3-4H2,1-2H3,(H2,18,19,22);3*1H2,2H3;;. The Hall–Kier alpha value is -1.47. The van der Waals surface area contributed by atoms with Crippen molar-refractivity contribution in [1.82, 2.24) is 0 Å². The number of thiocarbonyl (C=S) groups is 1. The predicted molar refractivity (Wildman–Crippen MR) is 134 cm³/mol. The third-order valence-electron chi connectivity index (χ3n) is 4.58. The number of rotatable bonds is 9. The van der Waals surface area contributed by atoms with Gasteiger partial charge in [-0.15, -0.1) is 0 Å². The number of hydrogen-bond donors (Lipinski definition) is 2. The summed E-state index contributed by atoms with van der Waals surface area (Å²) in [5.41, 5.74) is 1.82. The van der Waals surface area contributed by atoms with E-state index >= 15 is 0 Å². The van der Waals surface area contributed by atoms with Crippen LogP contribution in [0.5, 0.6) is 11.5 Å². The quantitative estimate of drug-likeness (QED) is 0.288. The van der Waals surface area contributed by atoms with Crippen LogP contribution in [0.25, 0.3) is 0 Å². The first-order valence-electron chi connectivity index (χ1n) is 10.6. The molecule has 0 atom stereocenters. The van der Waals surface area contributed by atoms with Crippen LogP contribution in [0.15, 0.2) is 48.5 Å². The minimum absolute atomic E-state index is 0.535. The molecule has 0 saturated carbocycles. The molecule has 6 heteroatoms. The Labute approximate surface area is 189 Å². The topological polar surface area (TPSA) is 42.5 Å². The molecular weight excluding hydrogens is 487 g/mol. The molecule has 0 amide bonds. The van der Waals surface area contributed by atoms with E-state index in [0.717, 1.165) is 22.9 Å². The van der Waals surface area contributed by atoms with Gasteiger partial charge in [-0.25, -0.2) is 0 Å². The second kappa shape index (κ2) is 15.4. The molecule has 0 radical (unpaired) electrons. The fourth-order valence-corrected chi connectivity index (χ4v) is 7.94. The number of hydrogen-bond acceptors (Lipinski definition) is 3. The Morgan fingerprint density at radius 3 is 1.28 bits per heavy atom. The van der Waals surface area contributed by atoms with Gasteiger partial charge in [0, 0.05) is 11.4 Å². The van der Waals surface area contributed by atoms with Crippen molar-refractivity contribution in [2.75, 3.05) is 23.8 Å². The first-order valence-corrected chi connectivity index (χ1v) is 18.0. The molecule has 2 N–H and O–H groups in total. The average molecular weight is 523 g/mol. The number of ether oxygens (including phenoxy) is 2. The second-order valence-electron chi connectivity index (χ2n) is 6.58. The van der Waals surface area contributed by atoms with E-state index in [4.69, 9.17) is 21.7 Å². The van der Waals surface area contributed by atoms with Gasteiger partial charge in [0.1, 0.15) is 11.5 Å². The average Bonchev–Trinajstić information content (AvgIpc) is 2.73. The zero-order valence-electron chi connectivity index (χ0n) is 18.5. The monoisotopic (exact) mass is 524 g/mol. The van der Waals surface area contributed by atoms with Gasteiger partial charge in [0.15, 0.2) is 5.11 Å². The van der Waals surface area contributed by atoms with Gasteiger partial charge in [0.05, 0.1) is 13.2 Å². The molecule has 4 nitrogen and oxygen atoms in total. The summed E-state index contributed by atoms with van der Waals surface area (Å²) in [5, 5.41) is 6.80. The molecular formula is C23H36N2O2SSn. The summed E-state index contributed by atoms with van der Waals surface area (Å²) in [6.45, 7) is 12.3. The first kappa shape index (κ1) is 25.6. The molecule has 2 aromatic rings. The molecule has 29 heavy (non-hydrogen) atoms. The Balaban J connectivity index is 0.000000516. The van der Waals surface area contributed by atoms with E-state index in [1.807, 2.05) is 62.4 Å². The van der Waals surface area contributed by atoms with E-state index in [1.165, 1.54) is 0 Å². The van der Waals surface area contributed by atoms with Gasteiger partial charge >= 0.3 is 53.8 Å². The predicted octanol–water partition coefficient (Wildman–Crippen LogP) is 6.57. The van der Waals surface area contributed by atoms with Crippen molar-refractivity contribution >= 4 is 48.5 Å². The van der Waals surface area contributed by atoms with Gasteiger partial charge in [0.2, 0.25) is 0 Å². The molecule has 0 spiro atoms. The van der Waals surface area contributed by atoms with E-state index < -0.39 is 19.8 Å². The van der Waals surface area contributed by atoms with Gasteiger partial charge in [0.25, 0.3) is 0 Å². The number of benzene rings is 2. The van der Waals surface area contributed by atoms with E-state index in [-0.39, 0.29) is 0 Å². The summed E-state index contributed by atoms with van der Waals surface area (Å²) in [5.74, 6) is 1.69. The van der Waals surface area contributed by atoms with E-state index in [0.29, 0.717) is 18.3 Å². The summed E-state index contributed by atoms with van der Waals surface area (Å²) in [7, 11) is 0. The fourth-order valence-electron chi connectivity index (χ4n) is 2.76. The maximum atomic E-state index is 5.40. The van der Waals surface area contributed by atoms with Gasteiger partial charge in [-0.3, -0.25) is 0 Å².